The third-order valence-electron chi connectivity index (χ3n) is 3.21. The zero-order valence-corrected chi connectivity index (χ0v) is 9.28. The number of hydrogen-bond acceptors (Lipinski definition) is 1. The summed E-state index contributed by atoms with van der Waals surface area (Å²) in [6.07, 6.45) is 4.03. The number of hydrogen-bond donors (Lipinski definition) is 0. The van der Waals surface area contributed by atoms with Crippen molar-refractivity contribution in [2.75, 3.05) is 0 Å². The van der Waals surface area contributed by atoms with Gasteiger partial charge in [-0.3, -0.25) is 4.79 Å². The molecule has 15 heavy (non-hydrogen) atoms. The van der Waals surface area contributed by atoms with E-state index in [0.29, 0.717) is 17.6 Å². The van der Waals surface area contributed by atoms with E-state index in [0.717, 1.165) is 25.7 Å². The van der Waals surface area contributed by atoms with Gasteiger partial charge >= 0.3 is 0 Å². The van der Waals surface area contributed by atoms with Crippen molar-refractivity contribution in [1.29, 1.82) is 0 Å². The highest BCUT2D eigenvalue weighted by Gasteiger charge is 2.42. The zero-order valence-electron chi connectivity index (χ0n) is 9.28. The van der Waals surface area contributed by atoms with Gasteiger partial charge in [-0.05, 0) is 24.3 Å². The summed E-state index contributed by atoms with van der Waals surface area (Å²) in [5, 5.41) is 0. The van der Waals surface area contributed by atoms with Crippen molar-refractivity contribution < 1.29 is 4.79 Å². The molecule has 1 aromatic carbocycles. The molecule has 0 heterocycles. The average Bonchev–Trinajstić information content (AvgIpc) is 3.07. The Kier molecular flexibility index (Phi) is 3.20. The number of carbonyl (C=O) groups is 1. The summed E-state index contributed by atoms with van der Waals surface area (Å²) >= 11 is 0. The molecule has 1 aliphatic carbocycles. The molecule has 0 radical (unpaired) electrons. The van der Waals surface area contributed by atoms with E-state index in [9.17, 15) is 4.79 Å². The average molecular weight is 202 g/mol. The topological polar surface area (TPSA) is 17.1 Å². The SMILES string of the molecule is CCCCC(=O)[C@@H]1C[C@@H]1c1ccccc1. The summed E-state index contributed by atoms with van der Waals surface area (Å²) < 4.78 is 0. The first kappa shape index (κ1) is 10.4. The predicted molar refractivity (Wildman–Crippen MR) is 61.8 cm³/mol. The molecule has 1 aliphatic rings. The Hall–Kier alpha value is -1.11. The second-order valence-electron chi connectivity index (χ2n) is 4.43. The summed E-state index contributed by atoms with van der Waals surface area (Å²) in [5.74, 6) is 1.33. The molecule has 0 aliphatic heterocycles. The van der Waals surface area contributed by atoms with E-state index in [1.54, 1.807) is 0 Å². The molecule has 0 saturated heterocycles. The van der Waals surface area contributed by atoms with E-state index in [4.69, 9.17) is 0 Å². The molecule has 80 valence electrons. The van der Waals surface area contributed by atoms with Gasteiger partial charge in [0.1, 0.15) is 5.78 Å². The molecule has 0 amide bonds. The number of ketones is 1. The molecule has 0 spiro atoms. The second kappa shape index (κ2) is 4.61. The Morgan fingerprint density at radius 1 is 1.33 bits per heavy atom. The molecular formula is C14H18O. The monoisotopic (exact) mass is 202 g/mol. The van der Waals surface area contributed by atoms with Crippen LogP contribution >= 0.6 is 0 Å². The van der Waals surface area contributed by atoms with Crippen LogP contribution in [0.4, 0.5) is 0 Å². The van der Waals surface area contributed by atoms with Crippen molar-refractivity contribution in [2.24, 2.45) is 5.92 Å². The van der Waals surface area contributed by atoms with E-state index in [1.807, 2.05) is 6.07 Å². The van der Waals surface area contributed by atoms with E-state index >= 15 is 0 Å². The minimum absolute atomic E-state index is 0.332. The van der Waals surface area contributed by atoms with Crippen molar-refractivity contribution in [3.05, 3.63) is 35.9 Å². The molecule has 1 fully saturated rings. The number of Topliss-reactive ketones (excluding diaryl/α,β-unsaturated/α-hetero) is 1. The largest absolute Gasteiger partial charge is 0.299 e. The van der Waals surface area contributed by atoms with Gasteiger partial charge in [-0.1, -0.05) is 43.7 Å². The van der Waals surface area contributed by atoms with Crippen molar-refractivity contribution in [2.45, 2.75) is 38.5 Å². The Morgan fingerprint density at radius 3 is 2.73 bits per heavy atom. The van der Waals surface area contributed by atoms with Crippen LogP contribution < -0.4 is 0 Å². The van der Waals surface area contributed by atoms with Gasteiger partial charge in [-0.25, -0.2) is 0 Å². The summed E-state index contributed by atoms with van der Waals surface area (Å²) in [4.78, 5) is 11.7. The van der Waals surface area contributed by atoms with Gasteiger partial charge in [-0.15, -0.1) is 0 Å². The minimum atomic E-state index is 0.332. The predicted octanol–water partition coefficient (Wildman–Crippen LogP) is 3.55. The molecule has 1 saturated carbocycles. The highest BCUT2D eigenvalue weighted by atomic mass is 16.1. The highest BCUT2D eigenvalue weighted by molar-refractivity contribution is 5.84. The van der Waals surface area contributed by atoms with Gasteiger partial charge in [0.25, 0.3) is 0 Å². The van der Waals surface area contributed by atoms with Crippen LogP contribution in [0.1, 0.15) is 44.1 Å². The Bertz CT molecular complexity index is 328. The van der Waals surface area contributed by atoms with E-state index < -0.39 is 0 Å². The van der Waals surface area contributed by atoms with Gasteiger partial charge in [-0.2, -0.15) is 0 Å². The maximum absolute atomic E-state index is 11.7. The van der Waals surface area contributed by atoms with Crippen LogP contribution in [0.5, 0.6) is 0 Å². The first-order valence-electron chi connectivity index (χ1n) is 5.90. The molecule has 1 aromatic rings. The molecule has 0 bridgehead atoms. The van der Waals surface area contributed by atoms with E-state index in [-0.39, 0.29) is 0 Å². The zero-order chi connectivity index (χ0) is 10.7. The van der Waals surface area contributed by atoms with Gasteiger partial charge in [0, 0.05) is 12.3 Å². The van der Waals surface area contributed by atoms with Gasteiger partial charge < -0.3 is 0 Å². The van der Waals surface area contributed by atoms with Gasteiger partial charge in [0.15, 0.2) is 0 Å². The fourth-order valence-electron chi connectivity index (χ4n) is 2.16. The van der Waals surface area contributed by atoms with Crippen LogP contribution in [0, 0.1) is 5.92 Å². The fourth-order valence-corrected chi connectivity index (χ4v) is 2.16. The summed E-state index contributed by atoms with van der Waals surface area (Å²) in [5.41, 5.74) is 1.34. The van der Waals surface area contributed by atoms with Crippen LogP contribution in [0.2, 0.25) is 0 Å². The van der Waals surface area contributed by atoms with Crippen LogP contribution in [-0.2, 0) is 4.79 Å². The van der Waals surface area contributed by atoms with Crippen molar-refractivity contribution in [1.82, 2.24) is 0 Å². The molecule has 2 atom stereocenters. The van der Waals surface area contributed by atoms with Gasteiger partial charge in [0.05, 0.1) is 0 Å². The van der Waals surface area contributed by atoms with Crippen LogP contribution in [0.3, 0.4) is 0 Å². The van der Waals surface area contributed by atoms with Crippen LogP contribution in [0.15, 0.2) is 30.3 Å². The normalized spacial score (nSPS) is 23.8. The number of benzene rings is 1. The lowest BCUT2D eigenvalue weighted by molar-refractivity contribution is -0.120. The first-order valence-corrected chi connectivity index (χ1v) is 5.90. The number of carbonyl (C=O) groups excluding carboxylic acids is 1. The Labute approximate surface area is 91.5 Å². The van der Waals surface area contributed by atoms with Crippen LogP contribution in [0.25, 0.3) is 0 Å². The van der Waals surface area contributed by atoms with E-state index in [1.165, 1.54) is 5.56 Å². The van der Waals surface area contributed by atoms with Crippen molar-refractivity contribution in [3.8, 4) is 0 Å². The molecule has 0 N–H and O–H groups in total. The third kappa shape index (κ3) is 2.47. The maximum atomic E-state index is 11.7. The highest BCUT2D eigenvalue weighted by Crippen LogP contribution is 2.48. The van der Waals surface area contributed by atoms with Crippen molar-refractivity contribution in [3.63, 3.8) is 0 Å². The maximum Gasteiger partial charge on any atom is 0.136 e. The van der Waals surface area contributed by atoms with Crippen LogP contribution in [-0.4, -0.2) is 5.78 Å². The summed E-state index contributed by atoms with van der Waals surface area (Å²) in [7, 11) is 0. The van der Waals surface area contributed by atoms with Crippen molar-refractivity contribution >= 4 is 5.78 Å². The van der Waals surface area contributed by atoms with E-state index in [2.05, 4.69) is 31.2 Å². The second-order valence-corrected chi connectivity index (χ2v) is 4.43. The Balaban J connectivity index is 1.88. The minimum Gasteiger partial charge on any atom is -0.299 e. The fraction of sp³-hybridized carbons (Fsp3) is 0.500. The Morgan fingerprint density at radius 2 is 2.07 bits per heavy atom. The third-order valence-corrected chi connectivity index (χ3v) is 3.21. The lowest BCUT2D eigenvalue weighted by atomic mass is 10.0. The quantitative estimate of drug-likeness (QED) is 0.713. The number of rotatable bonds is 5. The molecule has 2 rings (SSSR count). The standard InChI is InChI=1S/C14H18O/c1-2-3-9-14(15)13-10-12(13)11-7-5-4-6-8-11/h4-8,12-13H,2-3,9-10H2,1H3/t12-,13-/m1/s1. The molecule has 1 heteroatoms. The summed E-state index contributed by atoms with van der Waals surface area (Å²) in [6.45, 7) is 2.13. The molecule has 0 unspecified atom stereocenters. The number of unbranched alkanes of at least 4 members (excludes halogenated alkanes) is 1. The molecular weight excluding hydrogens is 184 g/mol. The molecule has 1 nitrogen and oxygen atoms in total. The molecule has 0 aromatic heterocycles. The lowest BCUT2D eigenvalue weighted by Crippen LogP contribution is -2.01. The van der Waals surface area contributed by atoms with Gasteiger partial charge in [0.2, 0.25) is 0 Å². The lowest BCUT2D eigenvalue weighted by Gasteiger charge is -1.99. The smallest absolute Gasteiger partial charge is 0.136 e. The first-order chi connectivity index (χ1) is 7.33. The summed E-state index contributed by atoms with van der Waals surface area (Å²) in [6, 6.07) is 10.4.